The van der Waals surface area contributed by atoms with Crippen LogP contribution >= 0.6 is 0 Å². The zero-order valence-corrected chi connectivity index (χ0v) is 9.38. The van der Waals surface area contributed by atoms with Gasteiger partial charge in [0.1, 0.15) is 11.5 Å². The second-order valence-electron chi connectivity index (χ2n) is 3.77. The largest absolute Gasteiger partial charge is 0.497 e. The molecule has 1 atom stereocenters. The molecule has 1 aromatic carbocycles. The van der Waals surface area contributed by atoms with Gasteiger partial charge in [-0.2, -0.15) is 5.10 Å². The standard InChI is InChI=1S/C12H14N2O2/c1-9(15)10-7-13-14(8-10)11-4-3-5-12(6-11)16-2/h3-7,10H,8H2,1-2H3. The Kier molecular flexibility index (Phi) is 2.90. The summed E-state index contributed by atoms with van der Waals surface area (Å²) in [6.45, 7) is 2.20. The van der Waals surface area contributed by atoms with Crippen molar-refractivity contribution in [2.75, 3.05) is 18.7 Å². The first kappa shape index (κ1) is 10.7. The average Bonchev–Trinajstić information content (AvgIpc) is 2.78. The Morgan fingerprint density at radius 1 is 1.56 bits per heavy atom. The van der Waals surface area contributed by atoms with Crippen molar-refractivity contribution in [1.29, 1.82) is 0 Å². The Bertz CT molecular complexity index is 429. The van der Waals surface area contributed by atoms with Gasteiger partial charge in [0, 0.05) is 12.3 Å². The zero-order chi connectivity index (χ0) is 11.5. The Morgan fingerprint density at radius 3 is 3.00 bits per heavy atom. The number of ketones is 1. The number of Topliss-reactive ketones (excluding diaryl/α,β-unsaturated/α-hetero) is 1. The predicted molar refractivity (Wildman–Crippen MR) is 63.0 cm³/mol. The lowest BCUT2D eigenvalue weighted by atomic mass is 10.1. The SMILES string of the molecule is COc1cccc(N2CC(C(C)=O)C=N2)c1. The fraction of sp³-hybridized carbons (Fsp3) is 0.333. The van der Waals surface area contributed by atoms with Crippen LogP contribution in [0.5, 0.6) is 5.75 Å². The van der Waals surface area contributed by atoms with Gasteiger partial charge in [-0.3, -0.25) is 9.80 Å². The summed E-state index contributed by atoms with van der Waals surface area (Å²) in [4.78, 5) is 11.2. The van der Waals surface area contributed by atoms with E-state index >= 15 is 0 Å². The highest BCUT2D eigenvalue weighted by atomic mass is 16.5. The highest BCUT2D eigenvalue weighted by molar-refractivity contribution is 5.95. The minimum atomic E-state index is -0.0915. The molecule has 0 amide bonds. The summed E-state index contributed by atoms with van der Waals surface area (Å²) < 4.78 is 5.14. The molecule has 16 heavy (non-hydrogen) atoms. The molecular weight excluding hydrogens is 204 g/mol. The topological polar surface area (TPSA) is 41.9 Å². The van der Waals surface area contributed by atoms with Crippen LogP contribution in [0.4, 0.5) is 5.69 Å². The number of benzene rings is 1. The number of ether oxygens (including phenoxy) is 1. The molecule has 4 heteroatoms. The van der Waals surface area contributed by atoms with Gasteiger partial charge in [-0.25, -0.2) is 0 Å². The first-order valence-electron chi connectivity index (χ1n) is 5.17. The number of hydrazone groups is 1. The highest BCUT2D eigenvalue weighted by Crippen LogP contribution is 2.24. The van der Waals surface area contributed by atoms with E-state index < -0.39 is 0 Å². The first-order chi connectivity index (χ1) is 7.70. The summed E-state index contributed by atoms with van der Waals surface area (Å²) in [5.41, 5.74) is 0.944. The molecule has 0 saturated carbocycles. The smallest absolute Gasteiger partial charge is 0.140 e. The molecule has 1 heterocycles. The van der Waals surface area contributed by atoms with Crippen LogP contribution in [0.1, 0.15) is 6.92 Å². The number of rotatable bonds is 3. The second-order valence-corrected chi connectivity index (χ2v) is 3.77. The van der Waals surface area contributed by atoms with Crippen LogP contribution in [0.3, 0.4) is 0 Å². The van der Waals surface area contributed by atoms with E-state index in [2.05, 4.69) is 5.10 Å². The third-order valence-corrected chi connectivity index (χ3v) is 2.63. The molecule has 1 unspecified atom stereocenters. The molecule has 0 radical (unpaired) electrons. The van der Waals surface area contributed by atoms with Gasteiger partial charge >= 0.3 is 0 Å². The number of anilines is 1. The first-order valence-corrected chi connectivity index (χ1v) is 5.17. The molecule has 1 aliphatic rings. The molecule has 0 aromatic heterocycles. The highest BCUT2D eigenvalue weighted by Gasteiger charge is 2.22. The Labute approximate surface area is 94.5 Å². The van der Waals surface area contributed by atoms with Crippen LogP contribution in [0.15, 0.2) is 29.4 Å². The van der Waals surface area contributed by atoms with E-state index in [1.165, 1.54) is 0 Å². The third kappa shape index (κ3) is 2.05. The number of carbonyl (C=O) groups is 1. The predicted octanol–water partition coefficient (Wildman–Crippen LogP) is 1.71. The van der Waals surface area contributed by atoms with E-state index in [1.54, 1.807) is 20.2 Å². The van der Waals surface area contributed by atoms with Gasteiger partial charge < -0.3 is 4.74 Å². The fourth-order valence-corrected chi connectivity index (χ4v) is 1.62. The molecule has 0 fully saturated rings. The molecule has 2 rings (SSSR count). The summed E-state index contributed by atoms with van der Waals surface area (Å²) >= 11 is 0. The Hall–Kier alpha value is -1.84. The maximum Gasteiger partial charge on any atom is 0.140 e. The monoisotopic (exact) mass is 218 g/mol. The third-order valence-electron chi connectivity index (χ3n) is 2.63. The van der Waals surface area contributed by atoms with E-state index in [4.69, 9.17) is 4.74 Å². The zero-order valence-electron chi connectivity index (χ0n) is 9.38. The van der Waals surface area contributed by atoms with Gasteiger partial charge in [-0.15, -0.1) is 0 Å². The molecular formula is C12H14N2O2. The van der Waals surface area contributed by atoms with Gasteiger partial charge in [0.25, 0.3) is 0 Å². The van der Waals surface area contributed by atoms with E-state index in [9.17, 15) is 4.79 Å². The van der Waals surface area contributed by atoms with Crippen molar-refractivity contribution >= 4 is 17.7 Å². The van der Waals surface area contributed by atoms with Crippen LogP contribution in [0.25, 0.3) is 0 Å². The summed E-state index contributed by atoms with van der Waals surface area (Å²) in [7, 11) is 1.63. The van der Waals surface area contributed by atoms with Crippen LogP contribution in [0.2, 0.25) is 0 Å². The maximum absolute atomic E-state index is 11.2. The van der Waals surface area contributed by atoms with Crippen molar-refractivity contribution in [3.05, 3.63) is 24.3 Å². The molecule has 0 aliphatic carbocycles. The lowest BCUT2D eigenvalue weighted by molar-refractivity contribution is -0.118. The normalized spacial score (nSPS) is 18.9. The maximum atomic E-state index is 11.2. The summed E-state index contributed by atoms with van der Waals surface area (Å²) in [5, 5.41) is 6.03. The van der Waals surface area contributed by atoms with Crippen LogP contribution in [0, 0.1) is 5.92 Å². The van der Waals surface area contributed by atoms with Crippen LogP contribution in [-0.2, 0) is 4.79 Å². The minimum Gasteiger partial charge on any atom is -0.497 e. The van der Waals surface area contributed by atoms with Crippen molar-refractivity contribution in [1.82, 2.24) is 0 Å². The second kappa shape index (κ2) is 4.35. The number of hydrogen-bond acceptors (Lipinski definition) is 4. The summed E-state index contributed by atoms with van der Waals surface area (Å²) in [6, 6.07) is 7.64. The van der Waals surface area contributed by atoms with Crippen molar-refractivity contribution < 1.29 is 9.53 Å². The van der Waals surface area contributed by atoms with Gasteiger partial charge in [-0.05, 0) is 19.1 Å². The van der Waals surface area contributed by atoms with Gasteiger partial charge in [-0.1, -0.05) is 6.07 Å². The van der Waals surface area contributed by atoms with Gasteiger partial charge in [0.2, 0.25) is 0 Å². The minimum absolute atomic E-state index is 0.0915. The van der Waals surface area contributed by atoms with Crippen molar-refractivity contribution in [2.24, 2.45) is 11.0 Å². The fourth-order valence-electron chi connectivity index (χ4n) is 1.62. The van der Waals surface area contributed by atoms with Crippen LogP contribution < -0.4 is 9.75 Å². The van der Waals surface area contributed by atoms with Gasteiger partial charge in [0.15, 0.2) is 0 Å². The molecule has 1 aromatic rings. The lowest BCUT2D eigenvalue weighted by Crippen LogP contribution is -2.21. The number of nitrogens with zero attached hydrogens (tertiary/aromatic N) is 2. The Balaban J connectivity index is 2.15. The number of hydrogen-bond donors (Lipinski definition) is 0. The number of carbonyl (C=O) groups excluding carboxylic acids is 1. The van der Waals surface area contributed by atoms with Crippen LogP contribution in [-0.4, -0.2) is 25.7 Å². The molecule has 0 spiro atoms. The number of methoxy groups -OCH3 is 1. The van der Waals surface area contributed by atoms with Crippen molar-refractivity contribution in [3.63, 3.8) is 0 Å². The van der Waals surface area contributed by atoms with Gasteiger partial charge in [0.05, 0.1) is 25.3 Å². The molecule has 1 aliphatic heterocycles. The molecule has 0 N–H and O–H groups in total. The Morgan fingerprint density at radius 2 is 2.38 bits per heavy atom. The molecule has 4 nitrogen and oxygen atoms in total. The lowest BCUT2D eigenvalue weighted by Gasteiger charge is -2.15. The van der Waals surface area contributed by atoms with Crippen molar-refractivity contribution in [3.8, 4) is 5.75 Å². The van der Waals surface area contributed by atoms with E-state index in [0.717, 1.165) is 11.4 Å². The quantitative estimate of drug-likeness (QED) is 0.775. The van der Waals surface area contributed by atoms with Crippen molar-refractivity contribution in [2.45, 2.75) is 6.92 Å². The van der Waals surface area contributed by atoms with E-state index in [-0.39, 0.29) is 11.7 Å². The summed E-state index contributed by atoms with van der Waals surface area (Å²) in [5.74, 6) is 0.847. The molecule has 0 bridgehead atoms. The molecule has 0 saturated heterocycles. The van der Waals surface area contributed by atoms with E-state index in [1.807, 2.05) is 29.3 Å². The summed E-state index contributed by atoms with van der Waals surface area (Å²) in [6.07, 6.45) is 1.70. The molecule has 84 valence electrons. The average molecular weight is 218 g/mol. The van der Waals surface area contributed by atoms with E-state index in [0.29, 0.717) is 6.54 Å².